The molecule has 0 saturated carbocycles. The van der Waals surface area contributed by atoms with Crippen molar-refractivity contribution < 1.29 is 18.7 Å². The second-order valence-corrected chi connectivity index (χ2v) is 4.98. The zero-order chi connectivity index (χ0) is 14.9. The van der Waals surface area contributed by atoms with Gasteiger partial charge < -0.3 is 9.64 Å². The molecule has 1 aromatic carbocycles. The molecule has 0 fully saturated rings. The number of hydrogen-bond acceptors (Lipinski definition) is 3. The number of rotatable bonds is 2. The lowest BCUT2D eigenvalue weighted by atomic mass is 9.95. The number of nitrogens with zero attached hydrogens (tertiary/aromatic N) is 1. The molecule has 0 aromatic heterocycles. The lowest BCUT2D eigenvalue weighted by Gasteiger charge is -2.29. The monoisotopic (exact) mass is 299 g/mol. The number of ether oxygens (including phenoxy) is 1. The molecular weight excluding hydrogens is 285 g/mol. The van der Waals surface area contributed by atoms with Crippen molar-refractivity contribution in [2.24, 2.45) is 0 Å². The summed E-state index contributed by atoms with van der Waals surface area (Å²) in [6.07, 6.45) is -0.0605. The van der Waals surface area contributed by atoms with Crippen LogP contribution in [0.2, 0.25) is 5.02 Å². The largest absolute Gasteiger partial charge is 0.450 e. The van der Waals surface area contributed by atoms with Crippen molar-refractivity contribution in [3.05, 3.63) is 33.6 Å². The maximum Gasteiger partial charge on any atom is 0.410 e. The number of carbonyl (C=O) groups excluding carboxylic acids is 2. The molecular formula is C14H15ClFNO3. The first-order valence-electron chi connectivity index (χ1n) is 6.38. The fourth-order valence-electron chi connectivity index (χ4n) is 2.29. The van der Waals surface area contributed by atoms with Gasteiger partial charge in [-0.15, -0.1) is 0 Å². The summed E-state index contributed by atoms with van der Waals surface area (Å²) in [5.41, 5.74) is 1.16. The summed E-state index contributed by atoms with van der Waals surface area (Å²) in [6.45, 7) is 3.84. The second-order valence-electron chi connectivity index (χ2n) is 4.60. The van der Waals surface area contributed by atoms with Crippen molar-refractivity contribution in [1.29, 1.82) is 0 Å². The van der Waals surface area contributed by atoms with E-state index in [1.807, 2.05) is 0 Å². The Labute approximate surface area is 121 Å². The van der Waals surface area contributed by atoms with E-state index in [9.17, 15) is 14.0 Å². The van der Waals surface area contributed by atoms with Crippen molar-refractivity contribution in [1.82, 2.24) is 4.90 Å². The molecule has 4 nitrogen and oxygen atoms in total. The van der Waals surface area contributed by atoms with Gasteiger partial charge in [-0.25, -0.2) is 9.18 Å². The van der Waals surface area contributed by atoms with Crippen LogP contribution >= 0.6 is 11.6 Å². The van der Waals surface area contributed by atoms with Gasteiger partial charge in [0.15, 0.2) is 5.78 Å². The number of halogens is 2. The van der Waals surface area contributed by atoms with Gasteiger partial charge in [-0.2, -0.15) is 0 Å². The van der Waals surface area contributed by atoms with Gasteiger partial charge in [0.05, 0.1) is 18.2 Å². The maximum absolute atomic E-state index is 14.1. The van der Waals surface area contributed by atoms with Crippen LogP contribution in [0.25, 0.3) is 0 Å². The quantitative estimate of drug-likeness (QED) is 0.788. The normalized spacial score (nSPS) is 13.9. The van der Waals surface area contributed by atoms with Gasteiger partial charge in [-0.1, -0.05) is 11.6 Å². The summed E-state index contributed by atoms with van der Waals surface area (Å²) in [4.78, 5) is 24.5. The summed E-state index contributed by atoms with van der Waals surface area (Å²) in [5.74, 6) is -0.784. The summed E-state index contributed by atoms with van der Waals surface area (Å²) >= 11 is 6.16. The van der Waals surface area contributed by atoms with E-state index < -0.39 is 11.9 Å². The number of ketones is 1. The third-order valence-electron chi connectivity index (χ3n) is 3.31. The van der Waals surface area contributed by atoms with Gasteiger partial charge in [0.1, 0.15) is 5.82 Å². The van der Waals surface area contributed by atoms with Crippen LogP contribution < -0.4 is 0 Å². The highest BCUT2D eigenvalue weighted by atomic mass is 35.5. The third kappa shape index (κ3) is 2.63. The number of fused-ring (bicyclic) bond motifs is 1. The van der Waals surface area contributed by atoms with Crippen LogP contribution in [0.3, 0.4) is 0 Å². The molecule has 20 heavy (non-hydrogen) atoms. The summed E-state index contributed by atoms with van der Waals surface area (Å²) in [5, 5.41) is 0.289. The van der Waals surface area contributed by atoms with E-state index in [4.69, 9.17) is 16.3 Å². The predicted molar refractivity (Wildman–Crippen MR) is 72.6 cm³/mol. The van der Waals surface area contributed by atoms with E-state index >= 15 is 0 Å². The Hall–Kier alpha value is -1.62. The molecule has 108 valence electrons. The number of carbonyl (C=O) groups is 2. The first-order valence-corrected chi connectivity index (χ1v) is 6.75. The summed E-state index contributed by atoms with van der Waals surface area (Å²) in [6, 6.07) is 1.14. The van der Waals surface area contributed by atoms with Gasteiger partial charge in [-0.05, 0) is 31.9 Å². The topological polar surface area (TPSA) is 46.6 Å². The minimum atomic E-state index is -0.511. The lowest BCUT2D eigenvalue weighted by molar-refractivity contribution is 0.0999. The molecule has 1 amide bonds. The van der Waals surface area contributed by atoms with Crippen molar-refractivity contribution in [3.63, 3.8) is 0 Å². The SMILES string of the molecule is CCOC(=O)N1CCc2c(Cl)c(C(C)=O)cc(F)c2C1. The first kappa shape index (κ1) is 14.8. The van der Waals surface area contributed by atoms with Crippen molar-refractivity contribution >= 4 is 23.5 Å². The minimum absolute atomic E-state index is 0.109. The average Bonchev–Trinajstić information content (AvgIpc) is 2.42. The molecule has 0 aliphatic carbocycles. The molecule has 0 spiro atoms. The number of amides is 1. The molecule has 0 bridgehead atoms. The molecule has 0 unspecified atom stereocenters. The highest BCUT2D eigenvalue weighted by molar-refractivity contribution is 6.34. The fourth-order valence-corrected chi connectivity index (χ4v) is 2.69. The van der Waals surface area contributed by atoms with E-state index in [0.29, 0.717) is 24.1 Å². The van der Waals surface area contributed by atoms with Crippen LogP contribution in [-0.4, -0.2) is 29.9 Å². The van der Waals surface area contributed by atoms with E-state index in [1.54, 1.807) is 6.92 Å². The average molecular weight is 300 g/mol. The molecule has 0 atom stereocenters. The second kappa shape index (κ2) is 5.79. The van der Waals surface area contributed by atoms with Crippen LogP contribution in [0.4, 0.5) is 9.18 Å². The molecule has 1 heterocycles. The van der Waals surface area contributed by atoms with Gasteiger partial charge in [0, 0.05) is 17.7 Å². The third-order valence-corrected chi connectivity index (χ3v) is 3.74. The van der Waals surface area contributed by atoms with Crippen LogP contribution in [0.1, 0.15) is 35.3 Å². The van der Waals surface area contributed by atoms with E-state index in [0.717, 1.165) is 6.07 Å². The van der Waals surface area contributed by atoms with Crippen LogP contribution in [-0.2, 0) is 17.7 Å². The Morgan fingerprint density at radius 3 is 2.75 bits per heavy atom. The molecule has 1 aliphatic heterocycles. The standard InChI is InChI=1S/C14H15ClFNO3/c1-3-20-14(19)17-5-4-9-11(7-17)12(16)6-10(8(2)18)13(9)15/h6H,3-5,7H2,1-2H3. The van der Waals surface area contributed by atoms with Gasteiger partial charge in [0.2, 0.25) is 0 Å². The van der Waals surface area contributed by atoms with Crippen LogP contribution in [0.5, 0.6) is 0 Å². The molecule has 0 N–H and O–H groups in total. The predicted octanol–water partition coefficient (Wildman–Crippen LogP) is 3.20. The zero-order valence-corrected chi connectivity index (χ0v) is 12.1. The Balaban J connectivity index is 2.36. The zero-order valence-electron chi connectivity index (χ0n) is 11.3. The molecule has 0 saturated heterocycles. The first-order chi connectivity index (χ1) is 9.45. The minimum Gasteiger partial charge on any atom is -0.450 e. The Morgan fingerprint density at radius 1 is 1.45 bits per heavy atom. The highest BCUT2D eigenvalue weighted by Gasteiger charge is 2.27. The Morgan fingerprint density at radius 2 is 2.15 bits per heavy atom. The molecule has 1 aliphatic rings. The van der Waals surface area contributed by atoms with Crippen molar-refractivity contribution in [3.8, 4) is 0 Å². The van der Waals surface area contributed by atoms with E-state index in [1.165, 1.54) is 11.8 Å². The molecule has 6 heteroatoms. The summed E-state index contributed by atoms with van der Waals surface area (Å²) in [7, 11) is 0. The smallest absolute Gasteiger partial charge is 0.410 e. The van der Waals surface area contributed by atoms with E-state index in [-0.39, 0.29) is 29.5 Å². The number of hydrogen-bond donors (Lipinski definition) is 0. The van der Waals surface area contributed by atoms with Gasteiger partial charge >= 0.3 is 6.09 Å². The van der Waals surface area contributed by atoms with E-state index in [2.05, 4.69) is 0 Å². The Bertz CT molecular complexity index is 574. The highest BCUT2D eigenvalue weighted by Crippen LogP contribution is 2.32. The fraction of sp³-hybridized carbons (Fsp3) is 0.429. The van der Waals surface area contributed by atoms with Crippen molar-refractivity contribution in [2.45, 2.75) is 26.8 Å². The van der Waals surface area contributed by atoms with Gasteiger partial charge in [-0.3, -0.25) is 4.79 Å². The number of benzene rings is 1. The number of Topliss-reactive ketones (excluding diaryl/α,β-unsaturated/α-hetero) is 1. The maximum atomic E-state index is 14.1. The van der Waals surface area contributed by atoms with Crippen LogP contribution in [0.15, 0.2) is 6.07 Å². The lowest BCUT2D eigenvalue weighted by Crippen LogP contribution is -2.37. The van der Waals surface area contributed by atoms with Gasteiger partial charge in [0.25, 0.3) is 0 Å². The molecule has 1 aromatic rings. The van der Waals surface area contributed by atoms with Crippen LogP contribution in [0, 0.1) is 5.82 Å². The van der Waals surface area contributed by atoms with Crippen molar-refractivity contribution in [2.75, 3.05) is 13.2 Å². The molecule has 0 radical (unpaired) electrons. The summed E-state index contributed by atoms with van der Waals surface area (Å²) < 4.78 is 19.0. The molecule has 2 rings (SSSR count). The Kier molecular flexibility index (Phi) is 4.28.